The molecule has 0 unspecified atom stereocenters. The Morgan fingerprint density at radius 2 is 1.66 bits per heavy atom. The fourth-order valence-corrected chi connectivity index (χ4v) is 3.66. The molecule has 0 aliphatic heterocycles. The molecule has 0 fully saturated rings. The van der Waals surface area contributed by atoms with Gasteiger partial charge in [-0.15, -0.1) is 0 Å². The maximum Gasteiger partial charge on any atom is 0.262 e. The number of amides is 2. The second kappa shape index (κ2) is 13.5. The van der Waals surface area contributed by atoms with E-state index in [9.17, 15) is 9.59 Å². The summed E-state index contributed by atoms with van der Waals surface area (Å²) in [5, 5.41) is 8.51. The smallest absolute Gasteiger partial charge is 0.262 e. The van der Waals surface area contributed by atoms with E-state index in [1.54, 1.807) is 54.6 Å². The van der Waals surface area contributed by atoms with Gasteiger partial charge in [-0.3, -0.25) is 14.9 Å². The van der Waals surface area contributed by atoms with Crippen molar-refractivity contribution in [3.63, 3.8) is 0 Å². The molecule has 2 amide bonds. The Kier molecular flexibility index (Phi) is 10.1. The molecule has 3 aromatic carbocycles. The summed E-state index contributed by atoms with van der Waals surface area (Å²) in [7, 11) is 0. The van der Waals surface area contributed by atoms with E-state index < -0.39 is 0 Å². The van der Waals surface area contributed by atoms with Crippen molar-refractivity contribution in [2.24, 2.45) is 0 Å². The standard InChI is InChI=1S/C26H26BrN3O4S/c1-2-3-14-33-23-13-12-18(15-22(23)27)25(32)30-26(35)29-20-9-7-8-19(16-20)28-24(31)17-34-21-10-5-4-6-11-21/h4-13,15-16H,2-3,14,17H2,1H3,(H,28,31)(H2,29,30,32,35). The van der Waals surface area contributed by atoms with Crippen molar-refractivity contribution in [3.8, 4) is 11.5 Å². The third kappa shape index (κ3) is 8.70. The van der Waals surface area contributed by atoms with Crippen LogP contribution in [0.5, 0.6) is 11.5 Å². The number of rotatable bonds is 10. The molecule has 3 aromatic rings. The Labute approximate surface area is 218 Å². The molecule has 0 saturated heterocycles. The Balaban J connectivity index is 1.50. The molecule has 0 bridgehead atoms. The third-order valence-electron chi connectivity index (χ3n) is 4.69. The number of para-hydroxylation sites is 1. The van der Waals surface area contributed by atoms with Crippen molar-refractivity contribution in [2.75, 3.05) is 23.8 Å². The van der Waals surface area contributed by atoms with E-state index in [0.717, 1.165) is 12.8 Å². The van der Waals surface area contributed by atoms with Gasteiger partial charge in [0.2, 0.25) is 0 Å². The molecule has 0 atom stereocenters. The molecule has 0 aliphatic rings. The normalized spacial score (nSPS) is 10.2. The SMILES string of the molecule is CCCCOc1ccc(C(=O)NC(=S)Nc2cccc(NC(=O)COc3ccccc3)c2)cc1Br. The molecule has 0 aromatic heterocycles. The van der Waals surface area contributed by atoms with E-state index in [2.05, 4.69) is 38.8 Å². The first-order chi connectivity index (χ1) is 16.9. The van der Waals surface area contributed by atoms with E-state index in [1.807, 2.05) is 18.2 Å². The van der Waals surface area contributed by atoms with Gasteiger partial charge < -0.3 is 20.1 Å². The van der Waals surface area contributed by atoms with Crippen molar-refractivity contribution in [3.05, 3.63) is 82.8 Å². The Morgan fingerprint density at radius 1 is 0.914 bits per heavy atom. The van der Waals surface area contributed by atoms with Gasteiger partial charge in [0.05, 0.1) is 11.1 Å². The lowest BCUT2D eigenvalue weighted by Gasteiger charge is -2.13. The monoisotopic (exact) mass is 555 g/mol. The van der Waals surface area contributed by atoms with Crippen molar-refractivity contribution in [1.82, 2.24) is 5.32 Å². The van der Waals surface area contributed by atoms with E-state index in [0.29, 0.717) is 39.5 Å². The van der Waals surface area contributed by atoms with Gasteiger partial charge in [-0.05, 0) is 83.1 Å². The number of halogens is 1. The summed E-state index contributed by atoms with van der Waals surface area (Å²) in [4.78, 5) is 24.8. The van der Waals surface area contributed by atoms with Gasteiger partial charge in [0.1, 0.15) is 11.5 Å². The number of carbonyl (C=O) groups is 2. The number of nitrogens with one attached hydrogen (secondary N) is 3. The minimum Gasteiger partial charge on any atom is -0.492 e. The molecule has 3 N–H and O–H groups in total. The number of benzene rings is 3. The number of thiocarbonyl (C=S) groups is 1. The van der Waals surface area contributed by atoms with Crippen LogP contribution in [0, 0.1) is 0 Å². The van der Waals surface area contributed by atoms with Gasteiger partial charge in [0, 0.05) is 16.9 Å². The van der Waals surface area contributed by atoms with E-state index in [4.69, 9.17) is 21.7 Å². The van der Waals surface area contributed by atoms with Gasteiger partial charge in [-0.25, -0.2) is 0 Å². The van der Waals surface area contributed by atoms with Crippen LogP contribution in [-0.2, 0) is 4.79 Å². The highest BCUT2D eigenvalue weighted by molar-refractivity contribution is 9.10. The lowest BCUT2D eigenvalue weighted by Crippen LogP contribution is -2.34. The number of unbranched alkanes of at least 4 members (excludes halogenated alkanes) is 1. The molecule has 0 heterocycles. The van der Waals surface area contributed by atoms with Crippen LogP contribution in [0.15, 0.2) is 77.3 Å². The zero-order valence-electron chi connectivity index (χ0n) is 19.2. The average molecular weight is 556 g/mol. The maximum absolute atomic E-state index is 12.6. The predicted molar refractivity (Wildman–Crippen MR) is 145 cm³/mol. The number of hydrogen-bond acceptors (Lipinski definition) is 5. The molecule has 0 saturated carbocycles. The molecule has 0 spiro atoms. The van der Waals surface area contributed by atoms with Crippen molar-refractivity contribution >= 4 is 56.4 Å². The minimum absolute atomic E-state index is 0.117. The highest BCUT2D eigenvalue weighted by atomic mass is 79.9. The molecule has 35 heavy (non-hydrogen) atoms. The van der Waals surface area contributed by atoms with Gasteiger partial charge in [-0.2, -0.15) is 0 Å². The summed E-state index contributed by atoms with van der Waals surface area (Å²) < 4.78 is 11.8. The zero-order valence-corrected chi connectivity index (χ0v) is 21.6. The second-order valence-corrected chi connectivity index (χ2v) is 8.75. The zero-order chi connectivity index (χ0) is 25.0. The Bertz CT molecular complexity index is 1170. The number of anilines is 2. The molecule has 182 valence electrons. The van der Waals surface area contributed by atoms with Crippen LogP contribution in [-0.4, -0.2) is 30.1 Å². The molecule has 7 nitrogen and oxygen atoms in total. The van der Waals surface area contributed by atoms with Crippen LogP contribution < -0.4 is 25.4 Å². The Morgan fingerprint density at radius 3 is 2.37 bits per heavy atom. The summed E-state index contributed by atoms with van der Waals surface area (Å²) in [5.74, 6) is 0.647. The van der Waals surface area contributed by atoms with Crippen molar-refractivity contribution in [1.29, 1.82) is 0 Å². The third-order valence-corrected chi connectivity index (χ3v) is 5.52. The van der Waals surface area contributed by atoms with Crippen LogP contribution in [0.1, 0.15) is 30.1 Å². The first-order valence-corrected chi connectivity index (χ1v) is 12.3. The fraction of sp³-hybridized carbons (Fsp3) is 0.192. The van der Waals surface area contributed by atoms with E-state index in [1.165, 1.54) is 0 Å². The van der Waals surface area contributed by atoms with Crippen LogP contribution in [0.4, 0.5) is 11.4 Å². The summed E-state index contributed by atoms with van der Waals surface area (Å²) in [6, 6.07) is 21.2. The molecule has 9 heteroatoms. The highest BCUT2D eigenvalue weighted by Gasteiger charge is 2.12. The van der Waals surface area contributed by atoms with Gasteiger partial charge in [0.15, 0.2) is 11.7 Å². The predicted octanol–water partition coefficient (Wildman–Crippen LogP) is 5.77. The molecular formula is C26H26BrN3O4S. The second-order valence-electron chi connectivity index (χ2n) is 7.49. The highest BCUT2D eigenvalue weighted by Crippen LogP contribution is 2.26. The molecular weight excluding hydrogens is 530 g/mol. The van der Waals surface area contributed by atoms with Crippen molar-refractivity contribution < 1.29 is 19.1 Å². The quantitative estimate of drug-likeness (QED) is 0.217. The minimum atomic E-state index is -0.356. The fourth-order valence-electron chi connectivity index (χ4n) is 2.96. The first kappa shape index (κ1) is 26.2. The van der Waals surface area contributed by atoms with Crippen LogP contribution in [0.3, 0.4) is 0 Å². The number of ether oxygens (including phenoxy) is 2. The summed E-state index contributed by atoms with van der Waals surface area (Å²) in [5.41, 5.74) is 1.61. The van der Waals surface area contributed by atoms with Gasteiger partial charge >= 0.3 is 0 Å². The maximum atomic E-state index is 12.6. The lowest BCUT2D eigenvalue weighted by atomic mass is 10.2. The average Bonchev–Trinajstić information content (AvgIpc) is 2.84. The lowest BCUT2D eigenvalue weighted by molar-refractivity contribution is -0.118. The largest absolute Gasteiger partial charge is 0.492 e. The van der Waals surface area contributed by atoms with Gasteiger partial charge in [-0.1, -0.05) is 37.6 Å². The molecule has 0 aliphatic carbocycles. The molecule has 0 radical (unpaired) electrons. The van der Waals surface area contributed by atoms with Gasteiger partial charge in [0.25, 0.3) is 11.8 Å². The summed E-state index contributed by atoms with van der Waals surface area (Å²) in [6.07, 6.45) is 2.00. The summed E-state index contributed by atoms with van der Waals surface area (Å²) >= 11 is 8.72. The van der Waals surface area contributed by atoms with Crippen LogP contribution in [0.2, 0.25) is 0 Å². The van der Waals surface area contributed by atoms with Crippen molar-refractivity contribution in [2.45, 2.75) is 19.8 Å². The number of carbonyl (C=O) groups excluding carboxylic acids is 2. The van der Waals surface area contributed by atoms with Crippen LogP contribution >= 0.6 is 28.1 Å². The topological polar surface area (TPSA) is 88.7 Å². The first-order valence-electron chi connectivity index (χ1n) is 11.1. The van der Waals surface area contributed by atoms with E-state index in [-0.39, 0.29) is 23.5 Å². The van der Waals surface area contributed by atoms with Crippen LogP contribution in [0.25, 0.3) is 0 Å². The molecule has 3 rings (SSSR count). The number of hydrogen-bond donors (Lipinski definition) is 3. The summed E-state index contributed by atoms with van der Waals surface area (Å²) in [6.45, 7) is 2.60. The Hall–Kier alpha value is -3.43. The van der Waals surface area contributed by atoms with E-state index >= 15 is 0 Å².